The average Bonchev–Trinajstić information content (AvgIpc) is 2.81. The highest BCUT2D eigenvalue weighted by Crippen LogP contribution is 2.27. The van der Waals surface area contributed by atoms with E-state index in [1.165, 1.54) is 5.56 Å². The molecule has 0 amide bonds. The lowest BCUT2D eigenvalue weighted by Crippen LogP contribution is -2.16. The number of nitrogens with two attached hydrogens (primary N) is 1. The van der Waals surface area contributed by atoms with Crippen molar-refractivity contribution < 1.29 is 0 Å². The van der Waals surface area contributed by atoms with E-state index in [2.05, 4.69) is 21.7 Å². The Morgan fingerprint density at radius 1 is 1.29 bits per heavy atom. The van der Waals surface area contributed by atoms with Crippen molar-refractivity contribution in [2.24, 2.45) is 5.73 Å². The third kappa shape index (κ3) is 3.00. The molecule has 0 radical (unpaired) electrons. The first-order valence-corrected chi connectivity index (χ1v) is 6.73. The van der Waals surface area contributed by atoms with Crippen molar-refractivity contribution in [2.75, 3.05) is 11.9 Å². The Hall–Kier alpha value is -1.03. The van der Waals surface area contributed by atoms with Gasteiger partial charge in [-0.15, -0.1) is 0 Å². The Morgan fingerprint density at radius 2 is 2.12 bits per heavy atom. The van der Waals surface area contributed by atoms with Crippen LogP contribution in [-0.2, 0) is 13.1 Å². The molecule has 0 unspecified atom stereocenters. The lowest BCUT2D eigenvalue weighted by molar-refractivity contribution is 0.926. The van der Waals surface area contributed by atoms with Crippen LogP contribution in [0.2, 0.25) is 5.02 Å². The Morgan fingerprint density at radius 3 is 2.71 bits per heavy atom. The summed E-state index contributed by atoms with van der Waals surface area (Å²) >= 11 is 7.96. The number of hydrogen-bond donors (Lipinski definition) is 1. The van der Waals surface area contributed by atoms with Gasteiger partial charge in [0, 0.05) is 20.1 Å². The standard InChI is InChI=1S/C13H15ClN2S/c1-16(8-11-4-5-17-9-11)13-3-2-10(7-15)6-12(13)14/h2-6,9H,7-8,15H2,1H3. The smallest absolute Gasteiger partial charge is 0.0642 e. The summed E-state index contributed by atoms with van der Waals surface area (Å²) in [5.74, 6) is 0. The van der Waals surface area contributed by atoms with Crippen LogP contribution in [0.5, 0.6) is 0 Å². The van der Waals surface area contributed by atoms with Gasteiger partial charge >= 0.3 is 0 Å². The van der Waals surface area contributed by atoms with Crippen LogP contribution < -0.4 is 10.6 Å². The minimum atomic E-state index is 0.522. The molecule has 2 nitrogen and oxygen atoms in total. The summed E-state index contributed by atoms with van der Waals surface area (Å²) in [6.07, 6.45) is 0. The number of halogens is 1. The molecule has 2 N–H and O–H groups in total. The van der Waals surface area contributed by atoms with E-state index in [9.17, 15) is 0 Å². The minimum Gasteiger partial charge on any atom is -0.369 e. The first kappa shape index (κ1) is 12.4. The van der Waals surface area contributed by atoms with E-state index in [0.717, 1.165) is 22.8 Å². The monoisotopic (exact) mass is 266 g/mol. The van der Waals surface area contributed by atoms with Crippen molar-refractivity contribution >= 4 is 28.6 Å². The van der Waals surface area contributed by atoms with Crippen molar-refractivity contribution in [3.8, 4) is 0 Å². The molecular formula is C13H15ClN2S. The molecule has 0 aliphatic heterocycles. The highest BCUT2D eigenvalue weighted by Gasteiger charge is 2.07. The number of benzene rings is 1. The van der Waals surface area contributed by atoms with Gasteiger partial charge in [0.15, 0.2) is 0 Å². The molecule has 0 saturated carbocycles. The van der Waals surface area contributed by atoms with Crippen molar-refractivity contribution in [3.05, 3.63) is 51.2 Å². The average molecular weight is 267 g/mol. The van der Waals surface area contributed by atoms with Crippen LogP contribution in [0.15, 0.2) is 35.0 Å². The molecule has 2 aromatic rings. The normalized spacial score (nSPS) is 10.5. The quantitative estimate of drug-likeness (QED) is 0.918. The van der Waals surface area contributed by atoms with Crippen LogP contribution in [0.1, 0.15) is 11.1 Å². The fourth-order valence-electron chi connectivity index (χ4n) is 1.73. The number of anilines is 1. The Balaban J connectivity index is 2.16. The topological polar surface area (TPSA) is 29.3 Å². The minimum absolute atomic E-state index is 0.522. The lowest BCUT2D eigenvalue weighted by atomic mass is 10.2. The Kier molecular flexibility index (Phi) is 4.05. The summed E-state index contributed by atoms with van der Waals surface area (Å²) in [4.78, 5) is 2.14. The Bertz CT molecular complexity index is 482. The number of hydrogen-bond acceptors (Lipinski definition) is 3. The molecule has 0 spiro atoms. The maximum absolute atomic E-state index is 6.25. The predicted molar refractivity (Wildman–Crippen MR) is 75.8 cm³/mol. The van der Waals surface area contributed by atoms with E-state index in [0.29, 0.717) is 6.54 Å². The van der Waals surface area contributed by atoms with E-state index in [4.69, 9.17) is 17.3 Å². The maximum Gasteiger partial charge on any atom is 0.0642 e. The highest BCUT2D eigenvalue weighted by molar-refractivity contribution is 7.07. The van der Waals surface area contributed by atoms with Crippen LogP contribution in [0, 0.1) is 0 Å². The van der Waals surface area contributed by atoms with Crippen LogP contribution in [0.3, 0.4) is 0 Å². The van der Waals surface area contributed by atoms with E-state index in [1.807, 2.05) is 25.2 Å². The van der Waals surface area contributed by atoms with Gasteiger partial charge in [0.1, 0.15) is 0 Å². The van der Waals surface area contributed by atoms with Gasteiger partial charge in [0.05, 0.1) is 10.7 Å². The maximum atomic E-state index is 6.25. The van der Waals surface area contributed by atoms with E-state index < -0.39 is 0 Å². The van der Waals surface area contributed by atoms with Crippen molar-refractivity contribution in [1.29, 1.82) is 0 Å². The molecule has 0 aliphatic carbocycles. The fourth-order valence-corrected chi connectivity index (χ4v) is 2.74. The fraction of sp³-hybridized carbons (Fsp3) is 0.231. The van der Waals surface area contributed by atoms with Gasteiger partial charge in [-0.1, -0.05) is 17.7 Å². The molecule has 1 aromatic heterocycles. The summed E-state index contributed by atoms with van der Waals surface area (Å²) in [5, 5.41) is 4.99. The second-order valence-electron chi connectivity index (χ2n) is 3.98. The molecule has 2 rings (SSSR count). The van der Waals surface area contributed by atoms with Crippen molar-refractivity contribution in [2.45, 2.75) is 13.1 Å². The molecule has 17 heavy (non-hydrogen) atoms. The van der Waals surface area contributed by atoms with Gasteiger partial charge in [-0.25, -0.2) is 0 Å². The third-order valence-corrected chi connectivity index (χ3v) is 3.69. The first-order valence-electron chi connectivity index (χ1n) is 5.41. The SMILES string of the molecule is CN(Cc1ccsc1)c1ccc(CN)cc1Cl. The van der Waals surface area contributed by atoms with E-state index in [1.54, 1.807) is 11.3 Å². The van der Waals surface area contributed by atoms with Gasteiger partial charge in [-0.3, -0.25) is 0 Å². The summed E-state index contributed by atoms with van der Waals surface area (Å²) in [6.45, 7) is 1.39. The molecular weight excluding hydrogens is 252 g/mol. The molecule has 0 atom stereocenters. The van der Waals surface area contributed by atoms with Crippen LogP contribution in [0.25, 0.3) is 0 Å². The summed E-state index contributed by atoms with van der Waals surface area (Å²) in [7, 11) is 2.04. The molecule has 0 fully saturated rings. The van der Waals surface area contributed by atoms with Gasteiger partial charge in [0.2, 0.25) is 0 Å². The van der Waals surface area contributed by atoms with Gasteiger partial charge in [-0.05, 0) is 40.1 Å². The van der Waals surface area contributed by atoms with Gasteiger partial charge in [0.25, 0.3) is 0 Å². The molecule has 90 valence electrons. The zero-order valence-corrected chi connectivity index (χ0v) is 11.3. The zero-order valence-electron chi connectivity index (χ0n) is 9.69. The molecule has 1 heterocycles. The molecule has 4 heteroatoms. The van der Waals surface area contributed by atoms with Crippen LogP contribution in [-0.4, -0.2) is 7.05 Å². The second kappa shape index (κ2) is 5.54. The van der Waals surface area contributed by atoms with Crippen LogP contribution >= 0.6 is 22.9 Å². The van der Waals surface area contributed by atoms with E-state index in [-0.39, 0.29) is 0 Å². The molecule has 0 aliphatic rings. The number of thiophene rings is 1. The third-order valence-electron chi connectivity index (χ3n) is 2.66. The summed E-state index contributed by atoms with van der Waals surface area (Å²) in [5.41, 5.74) is 8.98. The summed E-state index contributed by atoms with van der Waals surface area (Å²) in [6, 6.07) is 8.10. The van der Waals surface area contributed by atoms with E-state index >= 15 is 0 Å². The van der Waals surface area contributed by atoms with Gasteiger partial charge < -0.3 is 10.6 Å². The largest absolute Gasteiger partial charge is 0.369 e. The number of rotatable bonds is 4. The number of nitrogens with zero attached hydrogens (tertiary/aromatic N) is 1. The van der Waals surface area contributed by atoms with Gasteiger partial charge in [-0.2, -0.15) is 11.3 Å². The molecule has 0 bridgehead atoms. The van der Waals surface area contributed by atoms with Crippen molar-refractivity contribution in [3.63, 3.8) is 0 Å². The van der Waals surface area contributed by atoms with Crippen LogP contribution in [0.4, 0.5) is 5.69 Å². The summed E-state index contributed by atoms with van der Waals surface area (Å²) < 4.78 is 0. The molecule has 1 aromatic carbocycles. The predicted octanol–water partition coefficient (Wildman–Crippen LogP) is 3.50. The molecule has 0 saturated heterocycles. The lowest BCUT2D eigenvalue weighted by Gasteiger charge is -2.20. The van der Waals surface area contributed by atoms with Crippen molar-refractivity contribution in [1.82, 2.24) is 0 Å². The first-order chi connectivity index (χ1) is 8.20. The Labute approximate surface area is 111 Å². The second-order valence-corrected chi connectivity index (χ2v) is 5.16. The zero-order chi connectivity index (χ0) is 12.3. The highest BCUT2D eigenvalue weighted by atomic mass is 35.5.